The van der Waals surface area contributed by atoms with Crippen molar-refractivity contribution in [1.82, 2.24) is 9.97 Å². The topological polar surface area (TPSA) is 90.1 Å². The fraction of sp³-hybridized carbons (Fsp3) is 0.360. The first-order valence-electron chi connectivity index (χ1n) is 10.8. The molecule has 2 atom stereocenters. The van der Waals surface area contributed by atoms with Gasteiger partial charge in [-0.2, -0.15) is 4.98 Å². The SMILES string of the molecule is Cc1cccc(S(=O)Nc2nc(OCC(N)CC(C)C)cc(-c3c(C)cccc3C)n2)c1. The van der Waals surface area contributed by atoms with Gasteiger partial charge in [0.05, 0.1) is 10.6 Å². The van der Waals surface area contributed by atoms with Crippen molar-refractivity contribution in [2.24, 2.45) is 11.7 Å². The molecule has 170 valence electrons. The molecular formula is C25H32N4O2S. The zero-order valence-electron chi connectivity index (χ0n) is 19.4. The Morgan fingerprint density at radius 1 is 1.03 bits per heavy atom. The van der Waals surface area contributed by atoms with Crippen LogP contribution in [0.5, 0.6) is 5.88 Å². The number of hydrogen-bond donors (Lipinski definition) is 2. The van der Waals surface area contributed by atoms with Crippen LogP contribution in [0.15, 0.2) is 53.4 Å². The Bertz CT molecular complexity index is 1080. The fourth-order valence-corrected chi connectivity index (χ4v) is 4.50. The van der Waals surface area contributed by atoms with Gasteiger partial charge in [-0.3, -0.25) is 4.72 Å². The third kappa shape index (κ3) is 6.37. The monoisotopic (exact) mass is 452 g/mol. The number of anilines is 1. The van der Waals surface area contributed by atoms with Gasteiger partial charge in [0.25, 0.3) is 0 Å². The van der Waals surface area contributed by atoms with Crippen LogP contribution in [0.25, 0.3) is 11.3 Å². The van der Waals surface area contributed by atoms with Crippen LogP contribution >= 0.6 is 0 Å². The van der Waals surface area contributed by atoms with Gasteiger partial charge in [0.15, 0.2) is 11.0 Å². The molecule has 0 radical (unpaired) electrons. The fourth-order valence-electron chi connectivity index (χ4n) is 3.63. The number of aromatic nitrogens is 2. The Labute approximate surface area is 193 Å². The normalized spacial score (nSPS) is 13.1. The Balaban J connectivity index is 1.94. The number of aryl methyl sites for hydroxylation is 3. The Hall–Kier alpha value is -2.77. The number of nitrogens with zero attached hydrogens (tertiary/aromatic N) is 2. The first-order valence-corrected chi connectivity index (χ1v) is 12.0. The van der Waals surface area contributed by atoms with Crippen molar-refractivity contribution in [2.45, 2.75) is 52.0 Å². The van der Waals surface area contributed by atoms with E-state index < -0.39 is 11.0 Å². The number of hydrogen-bond acceptors (Lipinski definition) is 5. The highest BCUT2D eigenvalue weighted by atomic mass is 32.2. The number of benzene rings is 2. The zero-order valence-corrected chi connectivity index (χ0v) is 20.2. The summed E-state index contributed by atoms with van der Waals surface area (Å²) < 4.78 is 21.8. The largest absolute Gasteiger partial charge is 0.476 e. The summed E-state index contributed by atoms with van der Waals surface area (Å²) in [6.45, 7) is 10.7. The molecule has 0 saturated carbocycles. The molecule has 0 amide bonds. The molecule has 1 aromatic heterocycles. The quantitative estimate of drug-likeness (QED) is 0.479. The van der Waals surface area contributed by atoms with Crippen molar-refractivity contribution in [3.63, 3.8) is 0 Å². The number of nitrogens with two attached hydrogens (primary N) is 1. The molecule has 2 unspecified atom stereocenters. The van der Waals surface area contributed by atoms with Crippen molar-refractivity contribution < 1.29 is 8.95 Å². The van der Waals surface area contributed by atoms with Crippen LogP contribution in [-0.4, -0.2) is 26.8 Å². The molecule has 3 rings (SSSR count). The van der Waals surface area contributed by atoms with Gasteiger partial charge < -0.3 is 10.5 Å². The molecule has 0 fully saturated rings. The highest BCUT2D eigenvalue weighted by Crippen LogP contribution is 2.29. The minimum atomic E-state index is -1.50. The molecule has 3 aromatic rings. The Morgan fingerprint density at radius 2 is 1.72 bits per heavy atom. The Kier molecular flexibility index (Phi) is 7.99. The van der Waals surface area contributed by atoms with Crippen molar-refractivity contribution in [3.8, 4) is 17.1 Å². The molecule has 0 spiro atoms. The number of rotatable bonds is 9. The lowest BCUT2D eigenvalue weighted by Gasteiger charge is -2.16. The van der Waals surface area contributed by atoms with Crippen LogP contribution in [0.2, 0.25) is 0 Å². The molecule has 0 aliphatic heterocycles. The van der Waals surface area contributed by atoms with Crippen molar-refractivity contribution in [2.75, 3.05) is 11.3 Å². The van der Waals surface area contributed by atoms with Crippen molar-refractivity contribution in [1.29, 1.82) is 0 Å². The molecule has 6 nitrogen and oxygen atoms in total. The van der Waals surface area contributed by atoms with Gasteiger partial charge in [0, 0.05) is 17.7 Å². The van der Waals surface area contributed by atoms with E-state index in [0.717, 1.165) is 28.7 Å². The maximum Gasteiger partial charge on any atom is 0.238 e. The average molecular weight is 453 g/mol. The van der Waals surface area contributed by atoms with Crippen LogP contribution in [0, 0.1) is 26.7 Å². The van der Waals surface area contributed by atoms with Crippen molar-refractivity contribution in [3.05, 3.63) is 65.2 Å². The van der Waals surface area contributed by atoms with Gasteiger partial charge in [-0.25, -0.2) is 9.19 Å². The highest BCUT2D eigenvalue weighted by molar-refractivity contribution is 7.86. The summed E-state index contributed by atoms with van der Waals surface area (Å²) in [6, 6.07) is 15.4. The van der Waals surface area contributed by atoms with Crippen LogP contribution < -0.4 is 15.2 Å². The lowest BCUT2D eigenvalue weighted by Crippen LogP contribution is -2.29. The maximum atomic E-state index is 12.9. The van der Waals surface area contributed by atoms with Gasteiger partial charge in [-0.15, -0.1) is 0 Å². The first-order chi connectivity index (χ1) is 15.2. The molecule has 7 heteroatoms. The third-order valence-electron chi connectivity index (χ3n) is 5.05. The van der Waals surface area contributed by atoms with E-state index in [4.69, 9.17) is 10.5 Å². The maximum absolute atomic E-state index is 12.9. The van der Waals surface area contributed by atoms with E-state index >= 15 is 0 Å². The molecule has 2 aromatic carbocycles. The highest BCUT2D eigenvalue weighted by Gasteiger charge is 2.15. The smallest absolute Gasteiger partial charge is 0.238 e. The van der Waals surface area contributed by atoms with Gasteiger partial charge in [0.1, 0.15) is 6.61 Å². The summed E-state index contributed by atoms with van der Waals surface area (Å²) in [5, 5.41) is 0. The zero-order chi connectivity index (χ0) is 23.3. The molecule has 1 heterocycles. The van der Waals surface area contributed by atoms with Gasteiger partial charge >= 0.3 is 0 Å². The molecule has 0 aliphatic carbocycles. The molecule has 32 heavy (non-hydrogen) atoms. The number of ether oxygens (including phenoxy) is 1. The summed E-state index contributed by atoms with van der Waals surface area (Å²) in [7, 11) is -1.50. The van der Waals surface area contributed by atoms with Gasteiger partial charge in [0.2, 0.25) is 11.8 Å². The van der Waals surface area contributed by atoms with Crippen LogP contribution in [0.1, 0.15) is 37.0 Å². The summed E-state index contributed by atoms with van der Waals surface area (Å²) in [4.78, 5) is 9.79. The molecule has 0 aliphatic rings. The second-order valence-electron chi connectivity index (χ2n) is 8.57. The van der Waals surface area contributed by atoms with E-state index in [1.54, 1.807) is 0 Å². The average Bonchev–Trinajstić information content (AvgIpc) is 2.71. The summed E-state index contributed by atoms with van der Waals surface area (Å²) in [5.74, 6) is 1.14. The predicted molar refractivity (Wildman–Crippen MR) is 131 cm³/mol. The van der Waals surface area contributed by atoms with E-state index in [1.165, 1.54) is 0 Å². The second-order valence-corrected chi connectivity index (χ2v) is 9.78. The van der Waals surface area contributed by atoms with Crippen molar-refractivity contribution >= 4 is 16.9 Å². The van der Waals surface area contributed by atoms with Crippen LogP contribution in [-0.2, 0) is 11.0 Å². The lowest BCUT2D eigenvalue weighted by atomic mass is 10.00. The van der Waals surface area contributed by atoms with Crippen LogP contribution in [0.3, 0.4) is 0 Å². The van der Waals surface area contributed by atoms with E-state index in [-0.39, 0.29) is 12.0 Å². The predicted octanol–water partition coefficient (Wildman–Crippen LogP) is 4.96. The Morgan fingerprint density at radius 3 is 2.38 bits per heavy atom. The molecular weight excluding hydrogens is 420 g/mol. The minimum Gasteiger partial charge on any atom is -0.476 e. The molecule has 0 bridgehead atoms. The van der Waals surface area contributed by atoms with Gasteiger partial charge in [-0.1, -0.05) is 44.2 Å². The van der Waals surface area contributed by atoms with Gasteiger partial charge in [-0.05, 0) is 61.9 Å². The van der Waals surface area contributed by atoms with E-state index in [0.29, 0.717) is 29.0 Å². The standard InChI is InChI=1S/C25H32N4O2S/c1-16(2)12-20(26)15-31-23-14-22(24-18(4)9-7-10-19(24)5)27-25(28-23)29-32(30)21-11-6-8-17(3)13-21/h6-11,13-14,16,20H,12,15,26H2,1-5H3,(H,27,28,29). The van der Waals surface area contributed by atoms with E-state index in [2.05, 4.69) is 28.5 Å². The van der Waals surface area contributed by atoms with E-state index in [9.17, 15) is 4.21 Å². The lowest BCUT2D eigenvalue weighted by molar-refractivity contribution is 0.262. The molecule has 3 N–H and O–H groups in total. The summed E-state index contributed by atoms with van der Waals surface area (Å²) in [6.07, 6.45) is 0.858. The van der Waals surface area contributed by atoms with E-state index in [1.807, 2.05) is 69.3 Å². The third-order valence-corrected chi connectivity index (χ3v) is 6.10. The minimum absolute atomic E-state index is 0.0913. The first kappa shape index (κ1) is 23.9. The number of nitrogens with one attached hydrogen (secondary N) is 1. The molecule has 0 saturated heterocycles. The second kappa shape index (κ2) is 10.7. The summed E-state index contributed by atoms with van der Waals surface area (Å²) >= 11 is 0. The summed E-state index contributed by atoms with van der Waals surface area (Å²) in [5.41, 5.74) is 11.1. The van der Waals surface area contributed by atoms with Crippen LogP contribution in [0.4, 0.5) is 5.95 Å².